The van der Waals surface area contributed by atoms with E-state index in [1.54, 1.807) is 31.4 Å². The first-order valence-electron chi connectivity index (χ1n) is 8.51. The van der Waals surface area contributed by atoms with Crippen LogP contribution in [0.15, 0.2) is 48.5 Å². The van der Waals surface area contributed by atoms with Crippen LogP contribution in [0.3, 0.4) is 0 Å². The third-order valence-electron chi connectivity index (χ3n) is 3.60. The molecule has 0 aliphatic rings. The Labute approximate surface area is 159 Å². The summed E-state index contributed by atoms with van der Waals surface area (Å²) in [5.74, 6) is 2.24. The van der Waals surface area contributed by atoms with E-state index < -0.39 is 0 Å². The molecule has 1 amide bonds. The third-order valence-corrected chi connectivity index (χ3v) is 3.85. The van der Waals surface area contributed by atoms with Gasteiger partial charge < -0.3 is 19.5 Å². The number of ether oxygens (including phenoxy) is 3. The minimum absolute atomic E-state index is 0.0180. The smallest absolute Gasteiger partial charge is 0.220 e. The number of hydrogen-bond donors (Lipinski definition) is 1. The van der Waals surface area contributed by atoms with E-state index >= 15 is 0 Å². The molecule has 140 valence electrons. The van der Waals surface area contributed by atoms with Crippen LogP contribution < -0.4 is 19.5 Å². The molecule has 26 heavy (non-hydrogen) atoms. The first kappa shape index (κ1) is 19.9. The van der Waals surface area contributed by atoms with Crippen molar-refractivity contribution in [1.29, 1.82) is 0 Å². The Morgan fingerprint density at radius 1 is 1.00 bits per heavy atom. The lowest BCUT2D eigenvalue weighted by Gasteiger charge is -2.15. The van der Waals surface area contributed by atoms with Crippen LogP contribution in [0.2, 0.25) is 5.02 Å². The average molecular weight is 378 g/mol. The molecular formula is C20H24ClNO4. The van der Waals surface area contributed by atoms with Crippen molar-refractivity contribution < 1.29 is 19.0 Å². The second-order valence-corrected chi connectivity index (χ2v) is 6.30. The minimum atomic E-state index is -0.0817. The number of rotatable bonds is 10. The topological polar surface area (TPSA) is 56.8 Å². The molecule has 0 aromatic heterocycles. The third kappa shape index (κ3) is 7.23. The largest absolute Gasteiger partial charge is 0.497 e. The molecule has 2 aromatic carbocycles. The maximum atomic E-state index is 11.9. The number of methoxy groups -OCH3 is 1. The summed E-state index contributed by atoms with van der Waals surface area (Å²) >= 11 is 5.82. The van der Waals surface area contributed by atoms with E-state index in [0.29, 0.717) is 31.1 Å². The molecule has 0 aliphatic heterocycles. The van der Waals surface area contributed by atoms with Crippen LogP contribution in [0, 0.1) is 0 Å². The predicted molar refractivity (Wildman–Crippen MR) is 102 cm³/mol. The van der Waals surface area contributed by atoms with Crippen molar-refractivity contribution in [2.45, 2.75) is 25.8 Å². The molecule has 0 saturated heterocycles. The summed E-state index contributed by atoms with van der Waals surface area (Å²) in [5.41, 5.74) is 0. The molecule has 2 rings (SSSR count). The molecular weight excluding hydrogens is 354 g/mol. The Morgan fingerprint density at radius 2 is 1.58 bits per heavy atom. The van der Waals surface area contributed by atoms with Gasteiger partial charge >= 0.3 is 0 Å². The normalized spacial score (nSPS) is 11.5. The van der Waals surface area contributed by atoms with E-state index in [9.17, 15) is 4.79 Å². The van der Waals surface area contributed by atoms with Gasteiger partial charge in [0.05, 0.1) is 19.8 Å². The monoisotopic (exact) mass is 377 g/mol. The quantitative estimate of drug-likeness (QED) is 0.633. The summed E-state index contributed by atoms with van der Waals surface area (Å²) in [5, 5.41) is 3.59. The summed E-state index contributed by atoms with van der Waals surface area (Å²) in [6, 6.07) is 14.4. The molecule has 1 N–H and O–H groups in total. The number of amides is 1. The molecule has 0 saturated carbocycles. The number of hydrogen-bond acceptors (Lipinski definition) is 4. The van der Waals surface area contributed by atoms with Crippen LogP contribution in [0.25, 0.3) is 0 Å². The molecule has 2 aromatic rings. The minimum Gasteiger partial charge on any atom is -0.497 e. The highest BCUT2D eigenvalue weighted by molar-refractivity contribution is 6.30. The van der Waals surface area contributed by atoms with Gasteiger partial charge in [0, 0.05) is 11.4 Å². The molecule has 0 spiro atoms. The van der Waals surface area contributed by atoms with Crippen LogP contribution in [0.4, 0.5) is 0 Å². The van der Waals surface area contributed by atoms with Crippen molar-refractivity contribution in [2.24, 2.45) is 0 Å². The highest BCUT2D eigenvalue weighted by atomic mass is 35.5. The Hall–Kier alpha value is -2.40. The van der Waals surface area contributed by atoms with Crippen molar-refractivity contribution in [2.75, 3.05) is 20.3 Å². The van der Waals surface area contributed by atoms with E-state index in [0.717, 1.165) is 17.2 Å². The maximum absolute atomic E-state index is 11.9. The van der Waals surface area contributed by atoms with Gasteiger partial charge in [-0.3, -0.25) is 4.79 Å². The van der Waals surface area contributed by atoms with Crippen LogP contribution in [-0.4, -0.2) is 32.3 Å². The van der Waals surface area contributed by atoms with Crippen molar-refractivity contribution in [3.05, 3.63) is 53.6 Å². The predicted octanol–water partition coefficient (Wildman–Crippen LogP) is 4.09. The fraction of sp³-hybridized carbons (Fsp3) is 0.350. The Bertz CT molecular complexity index is 673. The number of carbonyl (C=O) groups excluding carboxylic acids is 1. The summed E-state index contributed by atoms with van der Waals surface area (Å²) in [4.78, 5) is 11.9. The van der Waals surface area contributed by atoms with Crippen molar-refractivity contribution >= 4 is 17.5 Å². The first-order chi connectivity index (χ1) is 12.6. The molecule has 0 aliphatic carbocycles. The number of nitrogens with one attached hydrogen (secondary N) is 1. The fourth-order valence-corrected chi connectivity index (χ4v) is 2.36. The summed E-state index contributed by atoms with van der Waals surface area (Å²) < 4.78 is 16.3. The van der Waals surface area contributed by atoms with E-state index in [-0.39, 0.29) is 11.9 Å². The lowest BCUT2D eigenvalue weighted by atomic mass is 10.2. The van der Waals surface area contributed by atoms with Crippen molar-refractivity contribution in [3.63, 3.8) is 0 Å². The SMILES string of the molecule is COc1ccc(OC[C@H](C)NC(=O)CCCOc2ccc(Cl)cc2)cc1. The molecule has 1 atom stereocenters. The molecule has 0 unspecified atom stereocenters. The Morgan fingerprint density at radius 3 is 2.23 bits per heavy atom. The van der Waals surface area contributed by atoms with Gasteiger partial charge in [0.15, 0.2) is 0 Å². The number of benzene rings is 2. The molecule has 6 heteroatoms. The van der Waals surface area contributed by atoms with E-state index in [1.165, 1.54) is 0 Å². The van der Waals surface area contributed by atoms with Crippen LogP contribution in [0.1, 0.15) is 19.8 Å². The zero-order chi connectivity index (χ0) is 18.8. The summed E-state index contributed by atoms with van der Waals surface area (Å²) in [6.07, 6.45) is 1.04. The van der Waals surface area contributed by atoms with Crippen LogP contribution >= 0.6 is 11.6 Å². The van der Waals surface area contributed by atoms with Gasteiger partial charge in [0.25, 0.3) is 0 Å². The highest BCUT2D eigenvalue weighted by Crippen LogP contribution is 2.17. The van der Waals surface area contributed by atoms with Crippen molar-refractivity contribution in [3.8, 4) is 17.2 Å². The standard InChI is InChI=1S/C20H24ClNO4/c1-15(14-26-19-11-9-17(24-2)10-12-19)22-20(23)4-3-13-25-18-7-5-16(21)6-8-18/h5-12,15H,3-4,13-14H2,1-2H3,(H,22,23)/t15-/m0/s1. The second-order valence-electron chi connectivity index (χ2n) is 5.86. The molecule has 0 bridgehead atoms. The number of carbonyl (C=O) groups is 1. The zero-order valence-electron chi connectivity index (χ0n) is 15.0. The fourth-order valence-electron chi connectivity index (χ4n) is 2.24. The van der Waals surface area contributed by atoms with Crippen LogP contribution in [0.5, 0.6) is 17.2 Å². The second kappa shape index (κ2) is 10.6. The highest BCUT2D eigenvalue weighted by Gasteiger charge is 2.08. The lowest BCUT2D eigenvalue weighted by Crippen LogP contribution is -2.36. The molecule has 0 fully saturated rings. The van der Waals surface area contributed by atoms with Gasteiger partial charge in [-0.15, -0.1) is 0 Å². The lowest BCUT2D eigenvalue weighted by molar-refractivity contribution is -0.122. The summed E-state index contributed by atoms with van der Waals surface area (Å²) in [7, 11) is 1.62. The van der Waals surface area contributed by atoms with Gasteiger partial charge in [-0.05, 0) is 61.9 Å². The molecule has 0 heterocycles. The first-order valence-corrected chi connectivity index (χ1v) is 8.89. The van der Waals surface area contributed by atoms with Gasteiger partial charge in [-0.25, -0.2) is 0 Å². The Kier molecular flexibility index (Phi) is 8.09. The van der Waals surface area contributed by atoms with E-state index in [4.69, 9.17) is 25.8 Å². The van der Waals surface area contributed by atoms with Gasteiger partial charge in [-0.2, -0.15) is 0 Å². The molecule has 5 nitrogen and oxygen atoms in total. The summed E-state index contributed by atoms with van der Waals surface area (Å²) in [6.45, 7) is 2.79. The van der Waals surface area contributed by atoms with Gasteiger partial charge in [0.2, 0.25) is 5.91 Å². The van der Waals surface area contributed by atoms with Crippen LogP contribution in [-0.2, 0) is 4.79 Å². The van der Waals surface area contributed by atoms with Gasteiger partial charge in [-0.1, -0.05) is 11.6 Å². The van der Waals surface area contributed by atoms with E-state index in [2.05, 4.69) is 5.32 Å². The van der Waals surface area contributed by atoms with Crippen molar-refractivity contribution in [1.82, 2.24) is 5.32 Å². The average Bonchev–Trinajstić information content (AvgIpc) is 2.65. The van der Waals surface area contributed by atoms with E-state index in [1.807, 2.05) is 31.2 Å². The maximum Gasteiger partial charge on any atom is 0.220 e. The zero-order valence-corrected chi connectivity index (χ0v) is 15.8. The van der Waals surface area contributed by atoms with Gasteiger partial charge in [0.1, 0.15) is 23.9 Å². The molecule has 0 radical (unpaired) electrons. The number of halogens is 1. The Balaban J connectivity index is 1.59.